The van der Waals surface area contributed by atoms with Crippen LogP contribution in [0, 0.1) is 10.1 Å². The van der Waals surface area contributed by atoms with Gasteiger partial charge in [-0.2, -0.15) is 0 Å². The van der Waals surface area contributed by atoms with Crippen LogP contribution in [-0.4, -0.2) is 24.5 Å². The number of nitrogens with one attached hydrogen (secondary N) is 1. The van der Waals surface area contributed by atoms with Crippen molar-refractivity contribution >= 4 is 33.2 Å². The maximum Gasteiger partial charge on any atom is 0.273 e. The number of rotatable bonds is 6. The van der Waals surface area contributed by atoms with Gasteiger partial charge in [0.05, 0.1) is 34.9 Å². The number of nitrogens with zero attached hydrogens (tertiary/aromatic N) is 1. The van der Waals surface area contributed by atoms with Gasteiger partial charge >= 0.3 is 0 Å². The molecule has 1 amide bonds. The number of benzene rings is 2. The van der Waals surface area contributed by atoms with E-state index in [-0.39, 0.29) is 17.3 Å². The van der Waals surface area contributed by atoms with Crippen molar-refractivity contribution in [3.8, 4) is 11.5 Å². The second-order valence-corrected chi connectivity index (χ2v) is 5.53. The van der Waals surface area contributed by atoms with Crippen LogP contribution in [0.25, 0.3) is 0 Å². The van der Waals surface area contributed by atoms with Crippen LogP contribution in [-0.2, 0) is 0 Å². The van der Waals surface area contributed by atoms with E-state index < -0.39 is 4.92 Å². The second-order valence-electron chi connectivity index (χ2n) is 4.67. The lowest BCUT2D eigenvalue weighted by atomic mass is 10.2. The van der Waals surface area contributed by atoms with Crippen LogP contribution in [0.5, 0.6) is 11.5 Å². The fourth-order valence-corrected chi connectivity index (χ4v) is 2.50. The lowest BCUT2D eigenvalue weighted by molar-refractivity contribution is -0.384. The zero-order valence-electron chi connectivity index (χ0n) is 13.0. The van der Waals surface area contributed by atoms with E-state index >= 15 is 0 Å². The molecule has 0 aliphatic carbocycles. The highest BCUT2D eigenvalue weighted by atomic mass is 79.9. The van der Waals surface area contributed by atoms with E-state index in [1.54, 1.807) is 18.2 Å². The molecule has 1 N–H and O–H groups in total. The second kappa shape index (κ2) is 7.78. The molecule has 0 saturated carbocycles. The van der Waals surface area contributed by atoms with E-state index in [4.69, 9.17) is 9.47 Å². The summed E-state index contributed by atoms with van der Waals surface area (Å²) in [5.74, 6) is 0.482. The van der Waals surface area contributed by atoms with Crippen LogP contribution in [0.2, 0.25) is 0 Å². The van der Waals surface area contributed by atoms with Crippen molar-refractivity contribution in [3.63, 3.8) is 0 Å². The van der Waals surface area contributed by atoms with Crippen LogP contribution in [0.3, 0.4) is 0 Å². The summed E-state index contributed by atoms with van der Waals surface area (Å²) in [6, 6.07) is 8.94. The molecule has 2 aromatic carbocycles. The molecule has 0 atom stereocenters. The zero-order chi connectivity index (χ0) is 17.7. The van der Waals surface area contributed by atoms with Crippen molar-refractivity contribution in [2.24, 2.45) is 0 Å². The molecule has 7 nitrogen and oxygen atoms in total. The summed E-state index contributed by atoms with van der Waals surface area (Å²) in [7, 11) is 1.38. The Bertz CT molecular complexity index is 779. The molecule has 8 heteroatoms. The molecule has 0 saturated heterocycles. The quantitative estimate of drug-likeness (QED) is 0.590. The van der Waals surface area contributed by atoms with Crippen LogP contribution < -0.4 is 14.8 Å². The minimum atomic E-state index is -0.530. The first-order valence-corrected chi connectivity index (χ1v) is 7.81. The number of methoxy groups -OCH3 is 1. The van der Waals surface area contributed by atoms with Crippen molar-refractivity contribution < 1.29 is 19.2 Å². The molecule has 0 unspecified atom stereocenters. The minimum absolute atomic E-state index is 0.117. The molecule has 0 aliphatic heterocycles. The Morgan fingerprint density at radius 2 is 2.00 bits per heavy atom. The number of non-ortho nitro benzene ring substituents is 1. The monoisotopic (exact) mass is 394 g/mol. The number of hydrogen-bond acceptors (Lipinski definition) is 5. The number of hydrogen-bond donors (Lipinski definition) is 1. The van der Waals surface area contributed by atoms with E-state index in [1.807, 2.05) is 6.92 Å². The number of halogens is 1. The summed E-state index contributed by atoms with van der Waals surface area (Å²) in [6.45, 7) is 2.39. The average Bonchev–Trinajstić information content (AvgIpc) is 2.56. The summed E-state index contributed by atoms with van der Waals surface area (Å²) in [5, 5.41) is 13.5. The van der Waals surface area contributed by atoms with Gasteiger partial charge in [0.1, 0.15) is 11.5 Å². The Kier molecular flexibility index (Phi) is 5.75. The Labute approximate surface area is 146 Å². The standard InChI is InChI=1S/C16H15BrN2O5/c1-3-24-14-7-4-10(8-12(14)17)16(20)18-13-6-5-11(19(21)22)9-15(13)23-2/h4-9H,3H2,1-2H3,(H,18,20). The van der Waals surface area contributed by atoms with E-state index in [0.29, 0.717) is 28.1 Å². The molecule has 0 radical (unpaired) electrons. The SMILES string of the molecule is CCOc1ccc(C(=O)Nc2ccc([N+](=O)[O-])cc2OC)cc1Br. The van der Waals surface area contributed by atoms with Crippen LogP contribution in [0.15, 0.2) is 40.9 Å². The van der Waals surface area contributed by atoms with Crippen molar-refractivity contribution in [2.75, 3.05) is 19.0 Å². The van der Waals surface area contributed by atoms with Crippen LogP contribution >= 0.6 is 15.9 Å². The smallest absolute Gasteiger partial charge is 0.273 e. The van der Waals surface area contributed by atoms with Gasteiger partial charge in [-0.25, -0.2) is 0 Å². The average molecular weight is 395 g/mol. The molecular weight excluding hydrogens is 380 g/mol. The molecule has 2 aromatic rings. The van der Waals surface area contributed by atoms with Crippen molar-refractivity contribution in [3.05, 3.63) is 56.5 Å². The molecule has 0 fully saturated rings. The summed E-state index contributed by atoms with van der Waals surface area (Å²) in [4.78, 5) is 22.6. The van der Waals surface area contributed by atoms with E-state index in [1.165, 1.54) is 25.3 Å². The lowest BCUT2D eigenvalue weighted by Gasteiger charge is -2.11. The number of anilines is 1. The highest BCUT2D eigenvalue weighted by Gasteiger charge is 2.15. The molecular formula is C16H15BrN2O5. The number of carbonyl (C=O) groups is 1. The molecule has 0 heterocycles. The first-order valence-electron chi connectivity index (χ1n) is 7.02. The molecule has 0 bridgehead atoms. The predicted molar refractivity (Wildman–Crippen MR) is 92.9 cm³/mol. The topological polar surface area (TPSA) is 90.7 Å². The van der Waals surface area contributed by atoms with Gasteiger partial charge in [0.25, 0.3) is 11.6 Å². The number of carbonyl (C=O) groups excluding carboxylic acids is 1. The van der Waals surface area contributed by atoms with Crippen molar-refractivity contribution in [1.29, 1.82) is 0 Å². The summed E-state index contributed by atoms with van der Waals surface area (Å²) >= 11 is 3.35. The largest absolute Gasteiger partial charge is 0.494 e. The van der Waals surface area contributed by atoms with Gasteiger partial charge in [-0.1, -0.05) is 0 Å². The van der Waals surface area contributed by atoms with Gasteiger partial charge in [-0.3, -0.25) is 14.9 Å². The molecule has 0 spiro atoms. The summed E-state index contributed by atoms with van der Waals surface area (Å²) in [5.41, 5.74) is 0.637. The highest BCUT2D eigenvalue weighted by Crippen LogP contribution is 2.30. The molecule has 24 heavy (non-hydrogen) atoms. The van der Waals surface area contributed by atoms with Gasteiger partial charge in [-0.05, 0) is 47.1 Å². The Morgan fingerprint density at radius 3 is 2.58 bits per heavy atom. The fourth-order valence-electron chi connectivity index (χ4n) is 2.01. The van der Waals surface area contributed by atoms with Crippen molar-refractivity contribution in [1.82, 2.24) is 0 Å². The van der Waals surface area contributed by atoms with Crippen molar-refractivity contribution in [2.45, 2.75) is 6.92 Å². The summed E-state index contributed by atoms with van der Waals surface area (Å²) in [6.07, 6.45) is 0. The normalized spacial score (nSPS) is 10.1. The number of nitro benzene ring substituents is 1. The van der Waals surface area contributed by atoms with E-state index in [9.17, 15) is 14.9 Å². The number of amides is 1. The third kappa shape index (κ3) is 4.02. The molecule has 2 rings (SSSR count). The maximum absolute atomic E-state index is 12.4. The van der Waals surface area contributed by atoms with Gasteiger partial charge in [0, 0.05) is 11.6 Å². The lowest BCUT2D eigenvalue weighted by Crippen LogP contribution is -2.13. The maximum atomic E-state index is 12.4. The first kappa shape index (κ1) is 17.7. The van der Waals surface area contributed by atoms with E-state index in [2.05, 4.69) is 21.2 Å². The number of nitro groups is 1. The third-order valence-corrected chi connectivity index (χ3v) is 3.76. The van der Waals surface area contributed by atoms with Gasteiger partial charge in [-0.15, -0.1) is 0 Å². The molecule has 126 valence electrons. The van der Waals surface area contributed by atoms with Gasteiger partial charge in [0.2, 0.25) is 0 Å². The third-order valence-electron chi connectivity index (χ3n) is 3.14. The molecule has 0 aliphatic rings. The highest BCUT2D eigenvalue weighted by molar-refractivity contribution is 9.10. The van der Waals surface area contributed by atoms with Gasteiger partial charge < -0.3 is 14.8 Å². The Hall–Kier alpha value is -2.61. The Morgan fingerprint density at radius 1 is 1.25 bits per heavy atom. The Balaban J connectivity index is 2.23. The zero-order valence-corrected chi connectivity index (χ0v) is 14.6. The van der Waals surface area contributed by atoms with Crippen LogP contribution in [0.4, 0.5) is 11.4 Å². The molecule has 0 aromatic heterocycles. The minimum Gasteiger partial charge on any atom is -0.494 e. The number of ether oxygens (including phenoxy) is 2. The summed E-state index contributed by atoms with van der Waals surface area (Å²) < 4.78 is 11.2. The first-order chi connectivity index (χ1) is 11.5. The van der Waals surface area contributed by atoms with Crippen LogP contribution in [0.1, 0.15) is 17.3 Å². The predicted octanol–water partition coefficient (Wildman–Crippen LogP) is 4.02. The van der Waals surface area contributed by atoms with E-state index in [0.717, 1.165) is 0 Å². The van der Waals surface area contributed by atoms with Gasteiger partial charge in [0.15, 0.2) is 0 Å². The fraction of sp³-hybridized carbons (Fsp3) is 0.188.